The monoisotopic (exact) mass is 241 g/mol. The van der Waals surface area contributed by atoms with E-state index >= 15 is 0 Å². The van der Waals surface area contributed by atoms with Gasteiger partial charge in [0.1, 0.15) is 11.5 Å². The zero-order chi connectivity index (χ0) is 11.8. The van der Waals surface area contributed by atoms with Gasteiger partial charge in [-0.2, -0.15) is 12.6 Å². The van der Waals surface area contributed by atoms with Crippen molar-refractivity contribution in [3.63, 3.8) is 0 Å². The summed E-state index contributed by atoms with van der Waals surface area (Å²) in [5.74, 6) is 3.08. The van der Waals surface area contributed by atoms with Crippen LogP contribution in [0.3, 0.4) is 0 Å². The molecule has 2 nitrogen and oxygen atoms in total. The van der Waals surface area contributed by atoms with Crippen molar-refractivity contribution in [2.24, 2.45) is 0 Å². The summed E-state index contributed by atoms with van der Waals surface area (Å²) in [5.41, 5.74) is 0. The molecule has 16 heavy (non-hydrogen) atoms. The number of rotatable bonds is 8. The van der Waals surface area contributed by atoms with E-state index in [2.05, 4.69) is 30.6 Å². The van der Waals surface area contributed by atoms with Crippen molar-refractivity contribution >= 4 is 12.6 Å². The summed E-state index contributed by atoms with van der Waals surface area (Å²) in [6, 6.07) is 4.09. The van der Waals surface area contributed by atoms with Crippen LogP contribution in [0.1, 0.15) is 37.2 Å². The van der Waals surface area contributed by atoms with E-state index in [1.807, 2.05) is 13.0 Å². The third-order valence-corrected chi connectivity index (χ3v) is 2.99. The number of aryl methyl sites for hydroxylation is 1. The number of furan rings is 1. The number of hydrogen-bond acceptors (Lipinski definition) is 3. The molecule has 0 fully saturated rings. The molecular formula is C13H23NOS. The second-order valence-corrected chi connectivity index (χ2v) is 4.84. The van der Waals surface area contributed by atoms with Crippen LogP contribution in [0.2, 0.25) is 0 Å². The van der Waals surface area contributed by atoms with E-state index in [4.69, 9.17) is 4.42 Å². The molecule has 0 saturated heterocycles. The van der Waals surface area contributed by atoms with E-state index in [1.54, 1.807) is 0 Å². The lowest BCUT2D eigenvalue weighted by Crippen LogP contribution is -2.18. The van der Waals surface area contributed by atoms with Gasteiger partial charge in [0.15, 0.2) is 0 Å². The van der Waals surface area contributed by atoms with Crippen LogP contribution in [-0.2, 0) is 6.54 Å². The third-order valence-electron chi connectivity index (χ3n) is 2.67. The molecule has 0 radical (unpaired) electrons. The van der Waals surface area contributed by atoms with Crippen molar-refractivity contribution in [2.45, 2.75) is 39.2 Å². The Bertz CT molecular complexity index is 285. The Morgan fingerprint density at radius 3 is 2.56 bits per heavy atom. The van der Waals surface area contributed by atoms with Crippen molar-refractivity contribution in [2.75, 3.05) is 19.3 Å². The van der Waals surface area contributed by atoms with Gasteiger partial charge in [-0.3, -0.25) is 4.90 Å². The van der Waals surface area contributed by atoms with Gasteiger partial charge in [0.25, 0.3) is 0 Å². The van der Waals surface area contributed by atoms with Crippen LogP contribution in [0, 0.1) is 6.92 Å². The summed E-state index contributed by atoms with van der Waals surface area (Å²) in [5, 5.41) is 0. The topological polar surface area (TPSA) is 16.4 Å². The normalized spacial score (nSPS) is 11.2. The van der Waals surface area contributed by atoms with Crippen molar-refractivity contribution < 1.29 is 4.42 Å². The van der Waals surface area contributed by atoms with Gasteiger partial charge in [0, 0.05) is 0 Å². The maximum Gasteiger partial charge on any atom is 0.118 e. The fourth-order valence-corrected chi connectivity index (χ4v) is 1.99. The fraction of sp³-hybridized carbons (Fsp3) is 0.692. The van der Waals surface area contributed by atoms with E-state index in [-0.39, 0.29) is 0 Å². The maximum atomic E-state index is 5.55. The van der Waals surface area contributed by atoms with Crippen molar-refractivity contribution in [3.05, 3.63) is 23.7 Å². The third kappa shape index (κ3) is 5.61. The zero-order valence-electron chi connectivity index (χ0n) is 10.4. The van der Waals surface area contributed by atoms with Crippen LogP contribution >= 0.6 is 12.6 Å². The van der Waals surface area contributed by atoms with E-state index in [9.17, 15) is 0 Å². The highest BCUT2D eigenvalue weighted by Gasteiger charge is 2.03. The first-order chi connectivity index (χ1) is 7.72. The molecule has 0 N–H and O–H groups in total. The van der Waals surface area contributed by atoms with Crippen LogP contribution < -0.4 is 0 Å². The Hall–Kier alpha value is -0.410. The largest absolute Gasteiger partial charge is 0.465 e. The minimum absolute atomic E-state index is 0.917. The molecule has 0 bridgehead atoms. The van der Waals surface area contributed by atoms with E-state index in [0.29, 0.717) is 0 Å². The first-order valence-corrected chi connectivity index (χ1v) is 6.70. The van der Waals surface area contributed by atoms with E-state index in [0.717, 1.165) is 30.4 Å². The van der Waals surface area contributed by atoms with Crippen LogP contribution in [0.4, 0.5) is 0 Å². The molecule has 0 saturated carbocycles. The Kier molecular flexibility index (Phi) is 6.65. The molecular weight excluding hydrogens is 218 g/mol. The van der Waals surface area contributed by atoms with Gasteiger partial charge >= 0.3 is 0 Å². The standard InChI is InChI=1S/C13H23NOS/c1-12-7-8-13(15-12)11-14(2)9-5-3-4-6-10-16/h7-8,16H,3-6,9-11H2,1-2H3. The summed E-state index contributed by atoms with van der Waals surface area (Å²) in [7, 11) is 2.15. The number of hydrogen-bond donors (Lipinski definition) is 1. The number of nitrogens with zero attached hydrogens (tertiary/aromatic N) is 1. The minimum Gasteiger partial charge on any atom is -0.465 e. The molecule has 0 aliphatic carbocycles. The Labute approximate surface area is 104 Å². The molecule has 92 valence electrons. The van der Waals surface area contributed by atoms with Crippen molar-refractivity contribution in [1.29, 1.82) is 0 Å². The summed E-state index contributed by atoms with van der Waals surface area (Å²) in [6.07, 6.45) is 5.12. The predicted octanol–water partition coefficient (Wildman–Crippen LogP) is 3.51. The molecule has 1 aromatic rings. The quantitative estimate of drug-likeness (QED) is 0.554. The second-order valence-electron chi connectivity index (χ2n) is 4.39. The maximum absolute atomic E-state index is 5.55. The van der Waals surface area contributed by atoms with Crippen LogP contribution in [0.25, 0.3) is 0 Å². The van der Waals surface area contributed by atoms with Gasteiger partial charge < -0.3 is 4.42 Å². The fourth-order valence-electron chi connectivity index (χ4n) is 1.76. The SMILES string of the molecule is Cc1ccc(CN(C)CCCCCCS)o1. The van der Waals surface area contributed by atoms with Crippen molar-refractivity contribution in [3.8, 4) is 0 Å². The second kappa shape index (κ2) is 7.80. The Morgan fingerprint density at radius 1 is 1.19 bits per heavy atom. The van der Waals surface area contributed by atoms with Gasteiger partial charge in [0.2, 0.25) is 0 Å². The highest BCUT2D eigenvalue weighted by molar-refractivity contribution is 7.80. The Balaban J connectivity index is 2.09. The molecule has 1 aromatic heterocycles. The lowest BCUT2D eigenvalue weighted by molar-refractivity contribution is 0.285. The molecule has 0 aliphatic heterocycles. The number of thiol groups is 1. The van der Waals surface area contributed by atoms with E-state index in [1.165, 1.54) is 25.7 Å². The van der Waals surface area contributed by atoms with Crippen LogP contribution in [0.5, 0.6) is 0 Å². The zero-order valence-corrected chi connectivity index (χ0v) is 11.3. The molecule has 0 atom stereocenters. The lowest BCUT2D eigenvalue weighted by Gasteiger charge is -2.14. The average Bonchev–Trinajstić information content (AvgIpc) is 2.63. The minimum atomic E-state index is 0.917. The van der Waals surface area contributed by atoms with Crippen LogP contribution in [-0.4, -0.2) is 24.2 Å². The van der Waals surface area contributed by atoms with Crippen molar-refractivity contribution in [1.82, 2.24) is 4.90 Å². The van der Waals surface area contributed by atoms with Gasteiger partial charge in [-0.05, 0) is 51.2 Å². The molecule has 0 spiro atoms. The summed E-state index contributed by atoms with van der Waals surface area (Å²) in [4.78, 5) is 2.32. The molecule has 0 aliphatic rings. The molecule has 1 heterocycles. The first kappa shape index (κ1) is 13.7. The molecule has 1 rings (SSSR count). The lowest BCUT2D eigenvalue weighted by atomic mass is 10.2. The Morgan fingerprint density at radius 2 is 1.94 bits per heavy atom. The van der Waals surface area contributed by atoms with Crippen LogP contribution in [0.15, 0.2) is 16.5 Å². The van der Waals surface area contributed by atoms with Gasteiger partial charge in [-0.1, -0.05) is 12.8 Å². The predicted molar refractivity (Wildman–Crippen MR) is 72.1 cm³/mol. The van der Waals surface area contributed by atoms with Gasteiger partial charge in [0.05, 0.1) is 6.54 Å². The van der Waals surface area contributed by atoms with Gasteiger partial charge in [-0.15, -0.1) is 0 Å². The first-order valence-electron chi connectivity index (χ1n) is 6.07. The summed E-state index contributed by atoms with van der Waals surface area (Å²) >= 11 is 4.21. The molecule has 3 heteroatoms. The average molecular weight is 241 g/mol. The molecule has 0 amide bonds. The summed E-state index contributed by atoms with van der Waals surface area (Å²) < 4.78 is 5.55. The molecule has 0 unspecified atom stereocenters. The number of unbranched alkanes of at least 4 members (excludes halogenated alkanes) is 3. The summed E-state index contributed by atoms with van der Waals surface area (Å²) in [6.45, 7) is 4.05. The highest BCUT2D eigenvalue weighted by atomic mass is 32.1. The molecule has 0 aromatic carbocycles. The van der Waals surface area contributed by atoms with Gasteiger partial charge in [-0.25, -0.2) is 0 Å². The highest BCUT2D eigenvalue weighted by Crippen LogP contribution is 2.09. The smallest absolute Gasteiger partial charge is 0.118 e. The van der Waals surface area contributed by atoms with E-state index < -0.39 is 0 Å².